The van der Waals surface area contributed by atoms with Crippen LogP contribution in [0.25, 0.3) is 5.65 Å². The molecule has 0 aliphatic rings. The summed E-state index contributed by atoms with van der Waals surface area (Å²) in [6.07, 6.45) is 3.61. The highest BCUT2D eigenvalue weighted by Crippen LogP contribution is 2.12. The fourth-order valence-electron chi connectivity index (χ4n) is 1.18. The number of ether oxygens (including phenoxy) is 1. The van der Waals surface area contributed by atoms with Crippen molar-refractivity contribution < 1.29 is 4.74 Å². The first kappa shape index (κ1) is 8.07. The predicted octanol–water partition coefficient (Wildman–Crippen LogP) is 0.672. The van der Waals surface area contributed by atoms with Crippen LogP contribution in [0.2, 0.25) is 0 Å². The first-order chi connectivity index (χ1) is 6.42. The van der Waals surface area contributed by atoms with Crippen LogP contribution >= 0.6 is 0 Å². The molecule has 2 aromatic heterocycles. The lowest BCUT2D eigenvalue weighted by Gasteiger charge is -2.02. The van der Waals surface area contributed by atoms with Crippen LogP contribution in [-0.2, 0) is 0 Å². The van der Waals surface area contributed by atoms with Crippen molar-refractivity contribution in [3.63, 3.8) is 0 Å². The van der Waals surface area contributed by atoms with E-state index in [0.717, 1.165) is 11.5 Å². The first-order valence-corrected chi connectivity index (χ1v) is 4.17. The molecule has 0 aliphatic carbocycles. The Kier molecular flexibility index (Phi) is 2.14. The van der Waals surface area contributed by atoms with Gasteiger partial charge in [-0.15, -0.1) is 0 Å². The number of hydrogen-bond donors (Lipinski definition) is 1. The number of fused-ring (bicyclic) bond motifs is 1. The van der Waals surface area contributed by atoms with Crippen LogP contribution in [0.3, 0.4) is 0 Å². The molecule has 0 spiro atoms. The molecule has 13 heavy (non-hydrogen) atoms. The Morgan fingerprint density at radius 3 is 3.23 bits per heavy atom. The molecule has 0 aromatic carbocycles. The van der Waals surface area contributed by atoms with Gasteiger partial charge in [-0.2, -0.15) is 0 Å². The van der Waals surface area contributed by atoms with Crippen LogP contribution in [0.5, 0.6) is 5.88 Å². The van der Waals surface area contributed by atoms with Crippen molar-refractivity contribution in [2.24, 2.45) is 5.73 Å². The van der Waals surface area contributed by atoms with Crippen LogP contribution in [-0.4, -0.2) is 22.5 Å². The van der Waals surface area contributed by atoms with E-state index in [2.05, 4.69) is 4.98 Å². The third-order valence-corrected chi connectivity index (χ3v) is 1.75. The highest BCUT2D eigenvalue weighted by Gasteiger charge is 2.00. The molecule has 0 atom stereocenters. The zero-order chi connectivity index (χ0) is 9.10. The molecule has 4 nitrogen and oxygen atoms in total. The molecule has 0 saturated carbocycles. The summed E-state index contributed by atoms with van der Waals surface area (Å²) in [7, 11) is 0. The molecule has 0 unspecified atom stereocenters. The number of nitrogens with zero attached hydrogens (tertiary/aromatic N) is 2. The predicted molar refractivity (Wildman–Crippen MR) is 49.7 cm³/mol. The Morgan fingerprint density at radius 1 is 1.46 bits per heavy atom. The van der Waals surface area contributed by atoms with Gasteiger partial charge in [0, 0.05) is 12.7 Å². The number of nitrogens with two attached hydrogens (primary N) is 1. The summed E-state index contributed by atoms with van der Waals surface area (Å²) >= 11 is 0. The monoisotopic (exact) mass is 177 g/mol. The Bertz CT molecular complexity index is 396. The topological polar surface area (TPSA) is 52.5 Å². The van der Waals surface area contributed by atoms with E-state index in [4.69, 9.17) is 10.5 Å². The van der Waals surface area contributed by atoms with E-state index >= 15 is 0 Å². The van der Waals surface area contributed by atoms with Crippen molar-refractivity contribution in [1.82, 2.24) is 9.38 Å². The summed E-state index contributed by atoms with van der Waals surface area (Å²) in [5.74, 6) is 0.737. The van der Waals surface area contributed by atoms with Crippen LogP contribution < -0.4 is 10.5 Å². The standard InChI is InChI=1S/C9H11N3O/c10-4-6-13-9-7-11-8-3-1-2-5-12(8)9/h1-3,5,7H,4,6,10H2. The average Bonchev–Trinajstić information content (AvgIpc) is 2.58. The van der Waals surface area contributed by atoms with E-state index in [9.17, 15) is 0 Å². The van der Waals surface area contributed by atoms with Crippen molar-refractivity contribution >= 4 is 5.65 Å². The molecule has 0 bridgehead atoms. The van der Waals surface area contributed by atoms with Crippen LogP contribution in [0.1, 0.15) is 0 Å². The molecular formula is C9H11N3O. The molecule has 2 N–H and O–H groups in total. The Morgan fingerprint density at radius 2 is 2.38 bits per heavy atom. The molecule has 0 radical (unpaired) electrons. The summed E-state index contributed by atoms with van der Waals surface area (Å²) in [5, 5.41) is 0. The maximum atomic E-state index is 5.38. The van der Waals surface area contributed by atoms with E-state index < -0.39 is 0 Å². The molecule has 0 fully saturated rings. The second-order valence-corrected chi connectivity index (χ2v) is 2.66. The maximum absolute atomic E-state index is 5.38. The minimum atomic E-state index is 0.514. The van der Waals surface area contributed by atoms with Gasteiger partial charge in [0.1, 0.15) is 12.3 Å². The van der Waals surface area contributed by atoms with E-state index in [1.165, 1.54) is 0 Å². The Balaban J connectivity index is 2.35. The minimum absolute atomic E-state index is 0.514. The number of rotatable bonds is 3. The van der Waals surface area contributed by atoms with Gasteiger partial charge in [-0.3, -0.25) is 4.40 Å². The van der Waals surface area contributed by atoms with Gasteiger partial charge >= 0.3 is 0 Å². The zero-order valence-electron chi connectivity index (χ0n) is 7.18. The van der Waals surface area contributed by atoms with Gasteiger partial charge in [-0.05, 0) is 12.1 Å². The minimum Gasteiger partial charge on any atom is -0.476 e. The van der Waals surface area contributed by atoms with Gasteiger partial charge in [-0.25, -0.2) is 4.98 Å². The van der Waals surface area contributed by atoms with E-state index in [-0.39, 0.29) is 0 Å². The van der Waals surface area contributed by atoms with Crippen LogP contribution in [0.4, 0.5) is 0 Å². The molecule has 0 aliphatic heterocycles. The zero-order valence-corrected chi connectivity index (χ0v) is 7.18. The van der Waals surface area contributed by atoms with Gasteiger partial charge in [-0.1, -0.05) is 6.07 Å². The summed E-state index contributed by atoms with van der Waals surface area (Å²) in [5.41, 5.74) is 6.22. The van der Waals surface area contributed by atoms with Gasteiger partial charge in [0.2, 0.25) is 5.88 Å². The second kappa shape index (κ2) is 3.45. The lowest BCUT2D eigenvalue weighted by molar-refractivity contribution is 0.313. The van der Waals surface area contributed by atoms with Gasteiger partial charge in [0.25, 0.3) is 0 Å². The summed E-state index contributed by atoms with van der Waals surface area (Å²) in [6, 6.07) is 5.80. The van der Waals surface area contributed by atoms with E-state index in [1.807, 2.05) is 28.8 Å². The van der Waals surface area contributed by atoms with Crippen molar-refractivity contribution in [3.05, 3.63) is 30.6 Å². The molecule has 4 heteroatoms. The number of pyridine rings is 1. The van der Waals surface area contributed by atoms with Gasteiger partial charge in [0.05, 0.1) is 6.20 Å². The molecule has 2 heterocycles. The largest absolute Gasteiger partial charge is 0.476 e. The van der Waals surface area contributed by atoms with Crippen molar-refractivity contribution in [2.75, 3.05) is 13.2 Å². The van der Waals surface area contributed by atoms with Gasteiger partial charge in [0.15, 0.2) is 0 Å². The molecule has 0 amide bonds. The normalized spacial score (nSPS) is 10.5. The number of hydrogen-bond acceptors (Lipinski definition) is 3. The lowest BCUT2D eigenvalue weighted by Crippen LogP contribution is -2.11. The van der Waals surface area contributed by atoms with E-state index in [1.54, 1.807) is 6.20 Å². The number of aromatic nitrogens is 2. The van der Waals surface area contributed by atoms with Gasteiger partial charge < -0.3 is 10.5 Å². The maximum Gasteiger partial charge on any atom is 0.218 e. The quantitative estimate of drug-likeness (QED) is 0.749. The summed E-state index contributed by atoms with van der Waals surface area (Å²) in [4.78, 5) is 4.17. The number of imidazole rings is 1. The Labute approximate surface area is 76.0 Å². The first-order valence-electron chi connectivity index (χ1n) is 4.17. The smallest absolute Gasteiger partial charge is 0.218 e. The van der Waals surface area contributed by atoms with Crippen LogP contribution in [0.15, 0.2) is 30.6 Å². The van der Waals surface area contributed by atoms with E-state index in [0.29, 0.717) is 13.2 Å². The molecule has 2 rings (SSSR count). The molecular weight excluding hydrogens is 166 g/mol. The highest BCUT2D eigenvalue weighted by atomic mass is 16.5. The highest BCUT2D eigenvalue weighted by molar-refractivity contribution is 5.41. The molecule has 68 valence electrons. The van der Waals surface area contributed by atoms with Crippen molar-refractivity contribution in [3.8, 4) is 5.88 Å². The SMILES string of the molecule is NCCOc1cnc2ccccn12. The average molecular weight is 177 g/mol. The fraction of sp³-hybridized carbons (Fsp3) is 0.222. The Hall–Kier alpha value is -1.55. The fourth-order valence-corrected chi connectivity index (χ4v) is 1.18. The van der Waals surface area contributed by atoms with Crippen LogP contribution in [0, 0.1) is 0 Å². The second-order valence-electron chi connectivity index (χ2n) is 2.66. The molecule has 2 aromatic rings. The lowest BCUT2D eigenvalue weighted by atomic mass is 10.5. The van der Waals surface area contributed by atoms with Crippen molar-refractivity contribution in [2.45, 2.75) is 0 Å². The summed E-state index contributed by atoms with van der Waals surface area (Å²) < 4.78 is 7.27. The third-order valence-electron chi connectivity index (χ3n) is 1.75. The molecule has 0 saturated heterocycles. The summed E-state index contributed by atoms with van der Waals surface area (Å²) in [6.45, 7) is 1.03. The third kappa shape index (κ3) is 1.48. The van der Waals surface area contributed by atoms with Crippen molar-refractivity contribution in [1.29, 1.82) is 0 Å².